The van der Waals surface area contributed by atoms with Crippen molar-refractivity contribution in [2.75, 3.05) is 0 Å². The van der Waals surface area contributed by atoms with Crippen LogP contribution in [-0.4, -0.2) is 26.0 Å². The van der Waals surface area contributed by atoms with E-state index in [0.717, 1.165) is 6.07 Å². The lowest BCUT2D eigenvalue weighted by Gasteiger charge is -2.00. The quantitative estimate of drug-likeness (QED) is 0.425. The molecular weight excluding hydrogens is 343 g/mol. The van der Waals surface area contributed by atoms with Gasteiger partial charge in [0.25, 0.3) is 11.2 Å². The molecule has 0 atom stereocenters. The van der Waals surface area contributed by atoms with Crippen LogP contribution in [-0.2, 0) is 0 Å². The summed E-state index contributed by atoms with van der Waals surface area (Å²) in [6.45, 7) is 1.67. The van der Waals surface area contributed by atoms with Crippen LogP contribution in [0.2, 0.25) is 0 Å². The van der Waals surface area contributed by atoms with E-state index in [1.807, 2.05) is 0 Å². The maximum atomic E-state index is 13.0. The third-order valence-corrected chi connectivity index (χ3v) is 3.70. The van der Waals surface area contributed by atoms with Crippen molar-refractivity contribution < 1.29 is 14.4 Å². The number of nitrogens with zero attached hydrogens (tertiary/aromatic N) is 3. The summed E-state index contributed by atoms with van der Waals surface area (Å²) in [5.41, 5.74) is 0.634. The predicted octanol–water partition coefficient (Wildman–Crippen LogP) is 2.98. The maximum Gasteiger partial charge on any atom is 0.280 e. The number of H-pyrrole nitrogens is 1. The van der Waals surface area contributed by atoms with E-state index in [4.69, 9.17) is 0 Å². The number of halogens is 1. The highest BCUT2D eigenvalue weighted by molar-refractivity contribution is 5.83. The van der Waals surface area contributed by atoms with Gasteiger partial charge in [-0.05, 0) is 37.3 Å². The number of rotatable bonds is 4. The number of non-ortho nitro benzene ring substituents is 1. The minimum Gasteiger partial charge on any atom is -0.505 e. The van der Waals surface area contributed by atoms with Crippen molar-refractivity contribution >= 4 is 17.6 Å². The minimum absolute atomic E-state index is 0.0870. The molecule has 0 amide bonds. The van der Waals surface area contributed by atoms with E-state index in [1.165, 1.54) is 47.3 Å². The molecule has 8 nitrogen and oxygen atoms in total. The van der Waals surface area contributed by atoms with Gasteiger partial charge in [-0.15, -0.1) is 0 Å². The van der Waals surface area contributed by atoms with Crippen molar-refractivity contribution in [3.05, 3.63) is 80.0 Å². The molecule has 0 bridgehead atoms. The van der Waals surface area contributed by atoms with Crippen LogP contribution in [0.25, 0.3) is 5.69 Å². The summed E-state index contributed by atoms with van der Waals surface area (Å²) < 4.78 is 14.3. The fourth-order valence-electron chi connectivity index (χ4n) is 2.35. The number of hydrogen-bond donors (Lipinski definition) is 2. The van der Waals surface area contributed by atoms with E-state index >= 15 is 0 Å². The second-order valence-electron chi connectivity index (χ2n) is 5.46. The fraction of sp³-hybridized carbons (Fsp3) is 0.0588. The van der Waals surface area contributed by atoms with Gasteiger partial charge in [-0.25, -0.2) is 9.07 Å². The predicted molar refractivity (Wildman–Crippen MR) is 93.1 cm³/mol. The van der Waals surface area contributed by atoms with Crippen molar-refractivity contribution in [1.82, 2.24) is 9.78 Å². The monoisotopic (exact) mass is 356 g/mol. The first-order valence-electron chi connectivity index (χ1n) is 7.46. The molecule has 0 spiro atoms. The molecule has 0 aliphatic carbocycles. The Morgan fingerprint density at radius 2 is 1.96 bits per heavy atom. The van der Waals surface area contributed by atoms with Crippen molar-refractivity contribution in [2.24, 2.45) is 4.99 Å². The van der Waals surface area contributed by atoms with Gasteiger partial charge in [-0.3, -0.25) is 25.0 Å². The number of aryl methyl sites for hydroxylation is 1. The van der Waals surface area contributed by atoms with Gasteiger partial charge < -0.3 is 5.11 Å². The van der Waals surface area contributed by atoms with E-state index in [1.54, 1.807) is 6.92 Å². The maximum absolute atomic E-state index is 13.0. The number of hydrogen-bond acceptors (Lipinski definition) is 5. The highest BCUT2D eigenvalue weighted by Gasteiger charge is 2.12. The van der Waals surface area contributed by atoms with Gasteiger partial charge in [0.1, 0.15) is 17.3 Å². The van der Waals surface area contributed by atoms with Crippen LogP contribution in [0.1, 0.15) is 11.3 Å². The van der Waals surface area contributed by atoms with E-state index < -0.39 is 16.3 Å². The smallest absolute Gasteiger partial charge is 0.280 e. The average Bonchev–Trinajstić information content (AvgIpc) is 2.89. The molecule has 2 aromatic carbocycles. The van der Waals surface area contributed by atoms with Crippen LogP contribution in [0, 0.1) is 22.9 Å². The molecule has 3 aromatic rings. The SMILES string of the molecule is Cc1[nH]n(-c2ccc(F)cc2)c(=O)c1C=Nc1ccc([N+](=O)[O-])cc1O. The number of aliphatic imine (C=N–C) groups is 1. The van der Waals surface area contributed by atoms with Crippen molar-refractivity contribution in [1.29, 1.82) is 0 Å². The standard InChI is InChI=1S/C17H13FN4O4/c1-10-14(9-19-15-7-6-13(22(25)26)8-16(15)23)17(24)21(20-10)12-4-2-11(18)3-5-12/h2-9,20,23H,1H3. The molecule has 0 saturated carbocycles. The highest BCUT2D eigenvalue weighted by atomic mass is 19.1. The molecule has 0 saturated heterocycles. The third-order valence-electron chi connectivity index (χ3n) is 3.70. The van der Waals surface area contributed by atoms with Gasteiger partial charge in [-0.1, -0.05) is 0 Å². The normalized spacial score (nSPS) is 11.2. The molecule has 1 aromatic heterocycles. The second-order valence-corrected chi connectivity index (χ2v) is 5.46. The molecule has 132 valence electrons. The highest BCUT2D eigenvalue weighted by Crippen LogP contribution is 2.30. The van der Waals surface area contributed by atoms with Gasteiger partial charge in [0.2, 0.25) is 0 Å². The topological polar surface area (TPSA) is 114 Å². The number of aromatic hydroxyl groups is 1. The zero-order valence-electron chi connectivity index (χ0n) is 13.5. The fourth-order valence-corrected chi connectivity index (χ4v) is 2.35. The van der Waals surface area contributed by atoms with Crippen LogP contribution in [0.4, 0.5) is 15.8 Å². The van der Waals surface area contributed by atoms with Gasteiger partial charge in [-0.2, -0.15) is 0 Å². The van der Waals surface area contributed by atoms with Gasteiger partial charge >= 0.3 is 0 Å². The van der Waals surface area contributed by atoms with Gasteiger partial charge in [0.15, 0.2) is 0 Å². The molecule has 3 rings (SSSR count). The summed E-state index contributed by atoms with van der Waals surface area (Å²) in [6.07, 6.45) is 1.26. The molecule has 0 unspecified atom stereocenters. The summed E-state index contributed by atoms with van der Waals surface area (Å²) in [4.78, 5) is 26.6. The molecule has 0 fully saturated rings. The molecule has 0 aliphatic heterocycles. The number of phenolic OH excluding ortho intramolecular Hbond substituents is 1. The molecule has 9 heteroatoms. The lowest BCUT2D eigenvalue weighted by atomic mass is 10.2. The van der Waals surface area contributed by atoms with E-state index in [0.29, 0.717) is 11.4 Å². The van der Waals surface area contributed by atoms with Gasteiger partial charge in [0, 0.05) is 18.0 Å². The number of aromatic amines is 1. The number of nitro groups is 1. The number of benzene rings is 2. The van der Waals surface area contributed by atoms with E-state index in [-0.39, 0.29) is 22.7 Å². The number of nitro benzene ring substituents is 1. The summed E-state index contributed by atoms with van der Waals surface area (Å²) >= 11 is 0. The van der Waals surface area contributed by atoms with Crippen molar-refractivity contribution in [3.63, 3.8) is 0 Å². The van der Waals surface area contributed by atoms with Gasteiger partial charge in [0.05, 0.1) is 22.2 Å². The van der Waals surface area contributed by atoms with Crippen LogP contribution >= 0.6 is 0 Å². The second kappa shape index (κ2) is 6.63. The molecule has 26 heavy (non-hydrogen) atoms. The zero-order valence-corrected chi connectivity index (χ0v) is 13.5. The first kappa shape index (κ1) is 17.1. The summed E-state index contributed by atoms with van der Waals surface area (Å²) in [5.74, 6) is -0.789. The number of phenols is 1. The Balaban J connectivity index is 1.96. The minimum atomic E-state index is -0.634. The molecule has 0 aliphatic rings. The Morgan fingerprint density at radius 1 is 1.27 bits per heavy atom. The van der Waals surface area contributed by atoms with E-state index in [2.05, 4.69) is 10.1 Å². The first-order chi connectivity index (χ1) is 12.4. The van der Waals surface area contributed by atoms with Crippen molar-refractivity contribution in [3.8, 4) is 11.4 Å². The number of nitrogens with one attached hydrogen (secondary N) is 1. The lowest BCUT2D eigenvalue weighted by Crippen LogP contribution is -2.17. The summed E-state index contributed by atoms with van der Waals surface area (Å²) in [6, 6.07) is 8.85. The lowest BCUT2D eigenvalue weighted by molar-refractivity contribution is -0.384. The Hall–Kier alpha value is -3.75. The average molecular weight is 356 g/mol. The zero-order chi connectivity index (χ0) is 18.8. The summed E-state index contributed by atoms with van der Waals surface area (Å²) in [7, 11) is 0. The first-order valence-corrected chi connectivity index (χ1v) is 7.46. The van der Waals surface area contributed by atoms with Crippen LogP contribution < -0.4 is 5.56 Å². The molecular formula is C17H13FN4O4. The molecule has 0 radical (unpaired) electrons. The molecule has 1 heterocycles. The summed E-state index contributed by atoms with van der Waals surface area (Å²) in [5, 5.41) is 23.4. The van der Waals surface area contributed by atoms with E-state index in [9.17, 15) is 24.4 Å². The van der Waals surface area contributed by atoms with Crippen LogP contribution in [0.5, 0.6) is 5.75 Å². The largest absolute Gasteiger partial charge is 0.505 e. The Morgan fingerprint density at radius 3 is 2.58 bits per heavy atom. The van der Waals surface area contributed by atoms with Crippen molar-refractivity contribution in [2.45, 2.75) is 6.92 Å². The van der Waals surface area contributed by atoms with Crippen LogP contribution in [0.15, 0.2) is 52.3 Å². The Kier molecular flexibility index (Phi) is 4.36. The number of aromatic nitrogens is 2. The van der Waals surface area contributed by atoms with Crippen LogP contribution in [0.3, 0.4) is 0 Å². The molecule has 2 N–H and O–H groups in total. The third kappa shape index (κ3) is 3.22. The Bertz CT molecular complexity index is 1070. The Labute approximate surface area is 146 Å².